The molecule has 1 aliphatic carbocycles. The van der Waals surface area contributed by atoms with E-state index in [1.54, 1.807) is 30.1 Å². The number of rotatable bonds is 4. The van der Waals surface area contributed by atoms with E-state index < -0.39 is 11.9 Å². The van der Waals surface area contributed by atoms with Gasteiger partial charge in [0.25, 0.3) is 5.91 Å². The minimum Gasteiger partial charge on any atom is -0.364 e. The van der Waals surface area contributed by atoms with Gasteiger partial charge in [-0.15, -0.1) is 0 Å². The maximum atomic E-state index is 13.0. The molecule has 8 nitrogen and oxygen atoms in total. The number of hydrogen-bond acceptors (Lipinski definition) is 4. The molecule has 2 heterocycles. The van der Waals surface area contributed by atoms with E-state index >= 15 is 0 Å². The third kappa shape index (κ3) is 2.36. The average molecular weight is 355 g/mol. The summed E-state index contributed by atoms with van der Waals surface area (Å²) in [5, 5.41) is 7.51. The van der Waals surface area contributed by atoms with Gasteiger partial charge in [-0.1, -0.05) is 25.1 Å². The molecular weight excluding hydrogens is 334 g/mol. The Morgan fingerprint density at radius 2 is 2.04 bits per heavy atom. The maximum Gasteiger partial charge on any atom is 0.269 e. The predicted octanol–water partition coefficient (Wildman–Crippen LogP) is 0.117. The number of piperidine rings is 1. The van der Waals surface area contributed by atoms with Crippen molar-refractivity contribution in [2.24, 2.45) is 17.6 Å². The Morgan fingerprint density at radius 1 is 1.31 bits per heavy atom. The summed E-state index contributed by atoms with van der Waals surface area (Å²) in [5.41, 5.74) is 6.23. The Labute approximate surface area is 150 Å². The van der Waals surface area contributed by atoms with E-state index in [9.17, 15) is 14.4 Å². The highest BCUT2D eigenvalue weighted by molar-refractivity contribution is 6.04. The summed E-state index contributed by atoms with van der Waals surface area (Å²) in [6.07, 6.45) is 0.698. The first kappa shape index (κ1) is 16.6. The third-order valence-corrected chi connectivity index (χ3v) is 5.68. The number of nitrogens with zero attached hydrogens (tertiary/aromatic N) is 3. The van der Waals surface area contributed by atoms with Crippen LogP contribution in [0.5, 0.6) is 0 Å². The van der Waals surface area contributed by atoms with Crippen molar-refractivity contribution in [1.29, 1.82) is 0 Å². The van der Waals surface area contributed by atoms with Crippen LogP contribution in [0.2, 0.25) is 0 Å². The summed E-state index contributed by atoms with van der Waals surface area (Å²) in [6, 6.07) is 6.84. The highest BCUT2D eigenvalue weighted by Crippen LogP contribution is 2.53. The van der Waals surface area contributed by atoms with Crippen molar-refractivity contribution in [1.82, 2.24) is 20.0 Å². The Balaban J connectivity index is 1.65. The normalized spacial score (nSPS) is 26.6. The molecule has 1 aliphatic heterocycles. The Kier molecular flexibility index (Phi) is 3.71. The first-order chi connectivity index (χ1) is 12.4. The van der Waals surface area contributed by atoms with E-state index in [-0.39, 0.29) is 30.1 Å². The number of nitrogens with two attached hydrogens (primary N) is 1. The lowest BCUT2D eigenvalue weighted by molar-refractivity contribution is -0.140. The number of carbonyl (C=O) groups excluding carboxylic acids is 3. The quantitative estimate of drug-likeness (QED) is 0.811. The van der Waals surface area contributed by atoms with E-state index in [1.807, 2.05) is 6.07 Å². The molecule has 3 N–H and O–H groups in total. The van der Waals surface area contributed by atoms with Crippen LogP contribution >= 0.6 is 0 Å². The van der Waals surface area contributed by atoms with Crippen LogP contribution in [0.15, 0.2) is 24.3 Å². The molecule has 0 radical (unpaired) electrons. The molecule has 4 rings (SSSR count). The SMILES string of the molecule is CNC(=O)C1CC2C(C)C2N1C(=O)Cn1nc(C(N)=O)c2ccccc21. The van der Waals surface area contributed by atoms with Crippen LogP contribution in [-0.2, 0) is 16.1 Å². The number of carbonyl (C=O) groups is 3. The van der Waals surface area contributed by atoms with Gasteiger partial charge in [0, 0.05) is 18.5 Å². The van der Waals surface area contributed by atoms with Crippen molar-refractivity contribution < 1.29 is 14.4 Å². The van der Waals surface area contributed by atoms with E-state index in [2.05, 4.69) is 17.3 Å². The van der Waals surface area contributed by atoms with Gasteiger partial charge in [-0.3, -0.25) is 19.1 Å². The molecule has 1 aromatic heterocycles. The first-order valence-corrected chi connectivity index (χ1v) is 8.72. The van der Waals surface area contributed by atoms with Gasteiger partial charge in [-0.25, -0.2) is 0 Å². The van der Waals surface area contributed by atoms with Crippen molar-refractivity contribution >= 4 is 28.6 Å². The van der Waals surface area contributed by atoms with Gasteiger partial charge in [0.1, 0.15) is 12.6 Å². The molecule has 2 aliphatic rings. The highest BCUT2D eigenvalue weighted by Gasteiger charge is 2.61. The van der Waals surface area contributed by atoms with Crippen molar-refractivity contribution in [2.75, 3.05) is 7.05 Å². The van der Waals surface area contributed by atoms with Crippen LogP contribution in [0.4, 0.5) is 0 Å². The maximum absolute atomic E-state index is 13.0. The molecular formula is C18H21N5O3. The van der Waals surface area contributed by atoms with Gasteiger partial charge in [0.15, 0.2) is 5.69 Å². The standard InChI is InChI=1S/C18H21N5O3/c1-9-11-7-13(18(26)20-2)23(16(9)11)14(24)8-22-12-6-4-3-5-10(12)15(21-22)17(19)25/h3-6,9,11,13,16H,7-8H2,1-2H3,(H2,19,25)(H,20,26). The zero-order valence-electron chi connectivity index (χ0n) is 14.7. The van der Waals surface area contributed by atoms with Crippen molar-refractivity contribution in [3.05, 3.63) is 30.0 Å². The monoisotopic (exact) mass is 355 g/mol. The topological polar surface area (TPSA) is 110 Å². The molecule has 26 heavy (non-hydrogen) atoms. The van der Waals surface area contributed by atoms with E-state index in [0.717, 1.165) is 0 Å². The molecule has 0 bridgehead atoms. The third-order valence-electron chi connectivity index (χ3n) is 5.68. The molecule has 1 saturated carbocycles. The molecule has 4 unspecified atom stereocenters. The van der Waals surface area contributed by atoms with Crippen LogP contribution in [0.3, 0.4) is 0 Å². The van der Waals surface area contributed by atoms with Crippen LogP contribution in [0.1, 0.15) is 23.8 Å². The summed E-state index contributed by atoms with van der Waals surface area (Å²) >= 11 is 0. The summed E-state index contributed by atoms with van der Waals surface area (Å²) in [6.45, 7) is 2.07. The van der Waals surface area contributed by atoms with E-state index in [0.29, 0.717) is 29.2 Å². The van der Waals surface area contributed by atoms with Crippen molar-refractivity contribution in [2.45, 2.75) is 32.0 Å². The number of nitrogens with one attached hydrogen (secondary N) is 1. The summed E-state index contributed by atoms with van der Waals surface area (Å²) < 4.78 is 1.50. The first-order valence-electron chi connectivity index (χ1n) is 8.72. The number of fused-ring (bicyclic) bond motifs is 2. The van der Waals surface area contributed by atoms with Crippen LogP contribution in [0, 0.1) is 11.8 Å². The van der Waals surface area contributed by atoms with Gasteiger partial charge in [0.05, 0.1) is 5.52 Å². The van der Waals surface area contributed by atoms with Crippen molar-refractivity contribution in [3.8, 4) is 0 Å². The van der Waals surface area contributed by atoms with E-state index in [4.69, 9.17) is 5.73 Å². The highest BCUT2D eigenvalue weighted by atomic mass is 16.2. The zero-order chi connectivity index (χ0) is 18.6. The number of primary amides is 1. The largest absolute Gasteiger partial charge is 0.364 e. The molecule has 136 valence electrons. The Morgan fingerprint density at radius 3 is 2.73 bits per heavy atom. The number of likely N-dealkylation sites (N-methyl/N-ethyl adjacent to an activating group) is 1. The van der Waals surface area contributed by atoms with Gasteiger partial charge >= 0.3 is 0 Å². The summed E-state index contributed by atoms with van der Waals surface area (Å²) in [7, 11) is 1.58. The molecule has 3 amide bonds. The lowest BCUT2D eigenvalue weighted by atomic mass is 10.1. The van der Waals surface area contributed by atoms with Crippen LogP contribution in [0.25, 0.3) is 10.9 Å². The van der Waals surface area contributed by atoms with Crippen molar-refractivity contribution in [3.63, 3.8) is 0 Å². The van der Waals surface area contributed by atoms with Gasteiger partial charge in [-0.2, -0.15) is 5.10 Å². The minimum atomic E-state index is -0.632. The average Bonchev–Trinajstić information content (AvgIpc) is 3.01. The van der Waals surface area contributed by atoms with Gasteiger partial charge in [-0.05, 0) is 24.3 Å². The van der Waals surface area contributed by atoms with Crippen LogP contribution < -0.4 is 11.1 Å². The smallest absolute Gasteiger partial charge is 0.269 e. The van der Waals surface area contributed by atoms with Gasteiger partial charge in [0.2, 0.25) is 11.8 Å². The second-order valence-electron chi connectivity index (χ2n) is 7.07. The zero-order valence-corrected chi connectivity index (χ0v) is 14.7. The fourth-order valence-electron chi connectivity index (χ4n) is 4.29. The summed E-state index contributed by atoms with van der Waals surface area (Å²) in [4.78, 5) is 38.5. The number of benzene rings is 1. The number of likely N-dealkylation sites (tertiary alicyclic amines) is 1. The second kappa shape index (κ2) is 5.82. The molecule has 8 heteroatoms. The minimum absolute atomic E-state index is 0.0305. The molecule has 1 aromatic carbocycles. The lowest BCUT2D eigenvalue weighted by Gasteiger charge is -2.27. The fourth-order valence-corrected chi connectivity index (χ4v) is 4.29. The number of aromatic nitrogens is 2. The van der Waals surface area contributed by atoms with E-state index in [1.165, 1.54) is 4.68 Å². The number of amides is 3. The molecule has 0 spiro atoms. The fraction of sp³-hybridized carbons (Fsp3) is 0.444. The number of para-hydroxylation sites is 1. The predicted molar refractivity (Wildman–Crippen MR) is 94.0 cm³/mol. The molecule has 4 atom stereocenters. The number of hydrogen-bond donors (Lipinski definition) is 2. The molecule has 1 saturated heterocycles. The lowest BCUT2D eigenvalue weighted by Crippen LogP contribution is -2.48. The second-order valence-corrected chi connectivity index (χ2v) is 7.07. The molecule has 2 fully saturated rings. The van der Waals surface area contributed by atoms with Crippen LogP contribution in [-0.4, -0.2) is 51.5 Å². The Hall–Kier alpha value is -2.90. The summed E-state index contributed by atoms with van der Waals surface area (Å²) in [5.74, 6) is -0.138. The Bertz CT molecular complexity index is 921. The van der Waals surface area contributed by atoms with Gasteiger partial charge < -0.3 is 16.0 Å². The molecule has 2 aromatic rings.